The molecule has 2 nitrogen and oxygen atoms in total. The van der Waals surface area contributed by atoms with Crippen LogP contribution in [0.5, 0.6) is 5.75 Å². The van der Waals surface area contributed by atoms with Gasteiger partial charge in [-0.3, -0.25) is 0 Å². The number of methoxy groups -OCH3 is 1. The SMILES string of the molecule is COc1ccc(Br)c(CC(O)c2c(F)cc(F)cc2F)c1. The molecule has 2 aromatic carbocycles. The molecule has 112 valence electrons. The third-order valence-electron chi connectivity index (χ3n) is 3.04. The average Bonchev–Trinajstić information content (AvgIpc) is 2.40. The second-order valence-electron chi connectivity index (χ2n) is 4.46. The summed E-state index contributed by atoms with van der Waals surface area (Å²) in [5.74, 6) is -2.69. The molecule has 0 spiro atoms. The zero-order chi connectivity index (χ0) is 15.6. The summed E-state index contributed by atoms with van der Waals surface area (Å²) in [5, 5.41) is 10.1. The molecule has 0 aliphatic carbocycles. The highest BCUT2D eigenvalue weighted by Crippen LogP contribution is 2.29. The van der Waals surface area contributed by atoms with Crippen molar-refractivity contribution in [2.24, 2.45) is 0 Å². The molecular weight excluding hydrogens is 349 g/mol. The lowest BCUT2D eigenvalue weighted by Crippen LogP contribution is -2.08. The van der Waals surface area contributed by atoms with Gasteiger partial charge in [-0.15, -0.1) is 0 Å². The summed E-state index contributed by atoms with van der Waals surface area (Å²) >= 11 is 3.30. The lowest BCUT2D eigenvalue weighted by Gasteiger charge is -2.15. The third-order valence-corrected chi connectivity index (χ3v) is 3.82. The van der Waals surface area contributed by atoms with E-state index in [-0.39, 0.29) is 6.42 Å². The predicted octanol–water partition coefficient (Wildman–Crippen LogP) is 4.15. The second kappa shape index (κ2) is 6.49. The Hall–Kier alpha value is -1.53. The number of aliphatic hydroxyl groups excluding tert-OH is 1. The van der Waals surface area contributed by atoms with Crippen LogP contribution in [0.25, 0.3) is 0 Å². The maximum absolute atomic E-state index is 13.6. The quantitative estimate of drug-likeness (QED) is 0.887. The normalized spacial score (nSPS) is 12.3. The second-order valence-corrected chi connectivity index (χ2v) is 5.31. The maximum Gasteiger partial charge on any atom is 0.134 e. The van der Waals surface area contributed by atoms with Crippen LogP contribution in [0.4, 0.5) is 13.2 Å². The Kier molecular flexibility index (Phi) is 4.90. The standard InChI is InChI=1S/C15H12BrF3O2/c1-21-10-2-3-11(16)8(4-10)5-14(20)15-12(18)6-9(17)7-13(15)19/h2-4,6-7,14,20H,5H2,1H3. The Bertz CT molecular complexity index is 638. The van der Waals surface area contributed by atoms with Gasteiger partial charge in [0.05, 0.1) is 18.8 Å². The lowest BCUT2D eigenvalue weighted by atomic mass is 10.00. The molecule has 0 aliphatic heterocycles. The van der Waals surface area contributed by atoms with Gasteiger partial charge in [-0.2, -0.15) is 0 Å². The molecule has 0 amide bonds. The molecule has 6 heteroatoms. The first-order chi connectivity index (χ1) is 9.92. The van der Waals surface area contributed by atoms with E-state index in [2.05, 4.69) is 15.9 Å². The molecule has 0 fully saturated rings. The van der Waals surface area contributed by atoms with E-state index in [1.807, 2.05) is 0 Å². The Labute approximate surface area is 128 Å². The van der Waals surface area contributed by atoms with Crippen molar-refractivity contribution in [3.63, 3.8) is 0 Å². The molecular formula is C15H12BrF3O2. The van der Waals surface area contributed by atoms with Gasteiger partial charge < -0.3 is 9.84 Å². The molecule has 0 heterocycles. The summed E-state index contributed by atoms with van der Waals surface area (Å²) in [6.07, 6.45) is -1.48. The number of hydrogen-bond acceptors (Lipinski definition) is 2. The Balaban J connectivity index is 2.32. The molecule has 21 heavy (non-hydrogen) atoms. The van der Waals surface area contributed by atoms with E-state index in [9.17, 15) is 18.3 Å². The number of aliphatic hydroxyl groups is 1. The van der Waals surface area contributed by atoms with E-state index in [0.717, 1.165) is 0 Å². The average molecular weight is 361 g/mol. The molecule has 0 aliphatic rings. The van der Waals surface area contributed by atoms with Gasteiger partial charge in [0.1, 0.15) is 23.2 Å². The van der Waals surface area contributed by atoms with Crippen molar-refractivity contribution < 1.29 is 23.0 Å². The van der Waals surface area contributed by atoms with E-state index in [4.69, 9.17) is 4.74 Å². The first-order valence-corrected chi connectivity index (χ1v) is 6.86. The highest BCUT2D eigenvalue weighted by Gasteiger charge is 2.21. The largest absolute Gasteiger partial charge is 0.497 e. The van der Waals surface area contributed by atoms with E-state index < -0.39 is 29.1 Å². The van der Waals surface area contributed by atoms with Crippen LogP contribution in [0.3, 0.4) is 0 Å². The molecule has 0 radical (unpaired) electrons. The zero-order valence-electron chi connectivity index (χ0n) is 11.0. The lowest BCUT2D eigenvalue weighted by molar-refractivity contribution is 0.168. The fourth-order valence-electron chi connectivity index (χ4n) is 2.02. The summed E-state index contributed by atoms with van der Waals surface area (Å²) in [6.45, 7) is 0. The summed E-state index contributed by atoms with van der Waals surface area (Å²) in [4.78, 5) is 0. The van der Waals surface area contributed by atoms with Crippen molar-refractivity contribution >= 4 is 15.9 Å². The first kappa shape index (κ1) is 15.9. The van der Waals surface area contributed by atoms with Crippen molar-refractivity contribution in [2.75, 3.05) is 7.11 Å². The van der Waals surface area contributed by atoms with Gasteiger partial charge in [0.25, 0.3) is 0 Å². The van der Waals surface area contributed by atoms with Crippen molar-refractivity contribution in [1.29, 1.82) is 0 Å². The van der Waals surface area contributed by atoms with E-state index in [0.29, 0.717) is 27.9 Å². The van der Waals surface area contributed by atoms with Gasteiger partial charge in [0.2, 0.25) is 0 Å². The first-order valence-electron chi connectivity index (χ1n) is 6.07. The maximum atomic E-state index is 13.6. The molecule has 1 N–H and O–H groups in total. The number of rotatable bonds is 4. The number of ether oxygens (including phenoxy) is 1. The van der Waals surface area contributed by atoms with E-state index >= 15 is 0 Å². The minimum absolute atomic E-state index is 0.0444. The molecule has 0 aromatic heterocycles. The molecule has 0 bridgehead atoms. The van der Waals surface area contributed by atoms with Crippen LogP contribution in [0.15, 0.2) is 34.8 Å². The monoisotopic (exact) mass is 360 g/mol. The van der Waals surface area contributed by atoms with Crippen LogP contribution in [0, 0.1) is 17.5 Å². The van der Waals surface area contributed by atoms with Crippen LogP contribution >= 0.6 is 15.9 Å². The van der Waals surface area contributed by atoms with Crippen LogP contribution in [0.1, 0.15) is 17.2 Å². The molecule has 1 unspecified atom stereocenters. The van der Waals surface area contributed by atoms with Crippen LogP contribution in [-0.2, 0) is 6.42 Å². The summed E-state index contributed by atoms with van der Waals surface area (Å²) in [7, 11) is 1.49. The fourth-order valence-corrected chi connectivity index (χ4v) is 2.43. The topological polar surface area (TPSA) is 29.5 Å². The highest BCUT2D eigenvalue weighted by molar-refractivity contribution is 9.10. The van der Waals surface area contributed by atoms with E-state index in [1.54, 1.807) is 18.2 Å². The minimum atomic E-state index is -1.44. The Morgan fingerprint density at radius 3 is 2.33 bits per heavy atom. The zero-order valence-corrected chi connectivity index (χ0v) is 12.6. The van der Waals surface area contributed by atoms with Gasteiger partial charge in [-0.05, 0) is 23.8 Å². The van der Waals surface area contributed by atoms with Crippen molar-refractivity contribution in [3.05, 3.63) is 63.4 Å². The smallest absolute Gasteiger partial charge is 0.134 e. The minimum Gasteiger partial charge on any atom is -0.497 e. The Morgan fingerprint density at radius 2 is 1.76 bits per heavy atom. The van der Waals surface area contributed by atoms with Gasteiger partial charge in [-0.25, -0.2) is 13.2 Å². The molecule has 2 rings (SSSR count). The molecule has 0 saturated carbocycles. The van der Waals surface area contributed by atoms with Crippen LogP contribution in [0.2, 0.25) is 0 Å². The third kappa shape index (κ3) is 3.57. The van der Waals surface area contributed by atoms with Gasteiger partial charge in [0.15, 0.2) is 0 Å². The van der Waals surface area contributed by atoms with Crippen molar-refractivity contribution in [2.45, 2.75) is 12.5 Å². The highest BCUT2D eigenvalue weighted by atomic mass is 79.9. The van der Waals surface area contributed by atoms with E-state index in [1.165, 1.54) is 7.11 Å². The van der Waals surface area contributed by atoms with Crippen molar-refractivity contribution in [1.82, 2.24) is 0 Å². The Morgan fingerprint density at radius 1 is 1.14 bits per heavy atom. The number of benzene rings is 2. The van der Waals surface area contributed by atoms with Crippen LogP contribution in [-0.4, -0.2) is 12.2 Å². The fraction of sp³-hybridized carbons (Fsp3) is 0.200. The summed E-state index contributed by atoms with van der Waals surface area (Å²) in [5.41, 5.74) is 0.0658. The van der Waals surface area contributed by atoms with Gasteiger partial charge in [0, 0.05) is 23.0 Å². The van der Waals surface area contributed by atoms with Crippen LogP contribution < -0.4 is 4.74 Å². The number of halogens is 4. The predicted molar refractivity (Wildman–Crippen MR) is 75.7 cm³/mol. The summed E-state index contributed by atoms with van der Waals surface area (Å²) < 4.78 is 45.9. The molecule has 1 atom stereocenters. The number of hydrogen-bond donors (Lipinski definition) is 1. The summed E-state index contributed by atoms with van der Waals surface area (Å²) in [6, 6.07) is 6.15. The molecule has 2 aromatic rings. The van der Waals surface area contributed by atoms with Gasteiger partial charge >= 0.3 is 0 Å². The van der Waals surface area contributed by atoms with Crippen molar-refractivity contribution in [3.8, 4) is 5.75 Å². The van der Waals surface area contributed by atoms with Gasteiger partial charge in [-0.1, -0.05) is 15.9 Å². The molecule has 0 saturated heterocycles.